The third-order valence-corrected chi connectivity index (χ3v) is 3.85. The third kappa shape index (κ3) is 3.81. The Hall–Kier alpha value is -0.910. The van der Waals surface area contributed by atoms with E-state index >= 15 is 0 Å². The standard InChI is InChI=1S/C15H14Br2FNO/c1-9(19)13-6-11(16)4-5-15(13)20-8-10-2-3-12(17)7-14(10)18/h2-7,9H,8,19H2,1H3/t9-/m1/s1. The van der Waals surface area contributed by atoms with Gasteiger partial charge in [-0.05, 0) is 37.3 Å². The van der Waals surface area contributed by atoms with E-state index in [1.54, 1.807) is 12.1 Å². The van der Waals surface area contributed by atoms with Crippen molar-refractivity contribution in [3.63, 3.8) is 0 Å². The predicted molar refractivity (Wildman–Crippen MR) is 85.2 cm³/mol. The fraction of sp³-hybridized carbons (Fsp3) is 0.200. The molecule has 2 aromatic carbocycles. The SMILES string of the molecule is C[C@@H](N)c1cc(Br)ccc1OCc1ccc(Br)cc1F. The fourth-order valence-corrected chi connectivity index (χ4v) is 2.51. The zero-order valence-electron chi connectivity index (χ0n) is 10.9. The van der Waals surface area contributed by atoms with Crippen LogP contribution in [0.2, 0.25) is 0 Å². The molecule has 0 saturated carbocycles. The number of hydrogen-bond acceptors (Lipinski definition) is 2. The van der Waals surface area contributed by atoms with Crippen LogP contribution in [0, 0.1) is 5.82 Å². The van der Waals surface area contributed by atoms with Crippen molar-refractivity contribution in [2.45, 2.75) is 19.6 Å². The van der Waals surface area contributed by atoms with Crippen molar-refractivity contribution < 1.29 is 9.13 Å². The lowest BCUT2D eigenvalue weighted by molar-refractivity contribution is 0.295. The summed E-state index contributed by atoms with van der Waals surface area (Å²) in [5.74, 6) is 0.379. The lowest BCUT2D eigenvalue weighted by atomic mass is 10.1. The van der Waals surface area contributed by atoms with E-state index in [0.29, 0.717) is 15.8 Å². The molecular weight excluding hydrogens is 389 g/mol. The highest BCUT2D eigenvalue weighted by Gasteiger charge is 2.10. The van der Waals surface area contributed by atoms with Crippen molar-refractivity contribution in [1.82, 2.24) is 0 Å². The Bertz CT molecular complexity index is 617. The maximum atomic E-state index is 13.7. The molecule has 2 aromatic rings. The Kier molecular flexibility index (Phi) is 5.18. The normalized spacial score (nSPS) is 12.2. The average Bonchev–Trinajstić information content (AvgIpc) is 2.38. The van der Waals surface area contributed by atoms with Gasteiger partial charge in [-0.3, -0.25) is 0 Å². The molecule has 2 rings (SSSR count). The molecule has 0 saturated heterocycles. The Balaban J connectivity index is 2.18. The predicted octanol–water partition coefficient (Wildman–Crippen LogP) is 4.95. The second-order valence-electron chi connectivity index (χ2n) is 4.50. The van der Waals surface area contributed by atoms with E-state index in [1.807, 2.05) is 25.1 Å². The number of halogens is 3. The molecule has 0 radical (unpaired) electrons. The van der Waals surface area contributed by atoms with Gasteiger partial charge in [0.05, 0.1) is 0 Å². The first kappa shape index (κ1) is 15.5. The molecule has 5 heteroatoms. The number of rotatable bonds is 4. The molecule has 0 bridgehead atoms. The Morgan fingerprint density at radius 3 is 2.45 bits per heavy atom. The quantitative estimate of drug-likeness (QED) is 0.785. The smallest absolute Gasteiger partial charge is 0.130 e. The van der Waals surface area contributed by atoms with Gasteiger partial charge in [-0.1, -0.05) is 37.9 Å². The van der Waals surface area contributed by atoms with Crippen LogP contribution in [0.25, 0.3) is 0 Å². The topological polar surface area (TPSA) is 35.2 Å². The molecule has 1 atom stereocenters. The van der Waals surface area contributed by atoms with Crippen molar-refractivity contribution in [3.05, 3.63) is 62.3 Å². The Morgan fingerprint density at radius 1 is 1.15 bits per heavy atom. The maximum Gasteiger partial charge on any atom is 0.130 e. The van der Waals surface area contributed by atoms with Crippen LogP contribution in [-0.4, -0.2) is 0 Å². The molecule has 0 aliphatic rings. The van der Waals surface area contributed by atoms with E-state index in [9.17, 15) is 4.39 Å². The number of benzene rings is 2. The van der Waals surface area contributed by atoms with Crippen LogP contribution in [0.5, 0.6) is 5.75 Å². The first-order chi connectivity index (χ1) is 9.47. The summed E-state index contributed by atoms with van der Waals surface area (Å²) in [6, 6.07) is 10.4. The molecule has 0 spiro atoms. The summed E-state index contributed by atoms with van der Waals surface area (Å²) < 4.78 is 21.1. The van der Waals surface area contributed by atoms with Gasteiger partial charge in [-0.15, -0.1) is 0 Å². The van der Waals surface area contributed by atoms with Crippen molar-refractivity contribution in [2.24, 2.45) is 5.73 Å². The molecule has 0 aliphatic heterocycles. The van der Waals surface area contributed by atoms with Crippen LogP contribution < -0.4 is 10.5 Å². The molecule has 0 aliphatic carbocycles. The van der Waals surface area contributed by atoms with E-state index in [2.05, 4.69) is 31.9 Å². The summed E-state index contributed by atoms with van der Waals surface area (Å²) in [6.07, 6.45) is 0. The van der Waals surface area contributed by atoms with Crippen LogP contribution in [0.3, 0.4) is 0 Å². The number of ether oxygens (including phenoxy) is 1. The van der Waals surface area contributed by atoms with Crippen molar-refractivity contribution in [3.8, 4) is 5.75 Å². The highest BCUT2D eigenvalue weighted by atomic mass is 79.9. The van der Waals surface area contributed by atoms with Crippen LogP contribution in [0.15, 0.2) is 45.3 Å². The lowest BCUT2D eigenvalue weighted by Crippen LogP contribution is -2.08. The summed E-state index contributed by atoms with van der Waals surface area (Å²) in [5, 5.41) is 0. The van der Waals surface area contributed by atoms with Crippen LogP contribution in [0.4, 0.5) is 4.39 Å². The van der Waals surface area contributed by atoms with Gasteiger partial charge >= 0.3 is 0 Å². The fourth-order valence-electron chi connectivity index (χ4n) is 1.80. The molecule has 0 unspecified atom stereocenters. The Labute approximate surface area is 134 Å². The molecule has 2 nitrogen and oxygen atoms in total. The summed E-state index contributed by atoms with van der Waals surface area (Å²) in [5.41, 5.74) is 7.31. The van der Waals surface area contributed by atoms with Gasteiger partial charge in [-0.2, -0.15) is 0 Å². The van der Waals surface area contributed by atoms with E-state index in [4.69, 9.17) is 10.5 Å². The second kappa shape index (κ2) is 6.70. The molecule has 0 heterocycles. The zero-order chi connectivity index (χ0) is 14.7. The van der Waals surface area contributed by atoms with Gasteiger partial charge in [0.1, 0.15) is 18.2 Å². The van der Waals surface area contributed by atoms with E-state index in [-0.39, 0.29) is 18.5 Å². The zero-order valence-corrected chi connectivity index (χ0v) is 14.0. The monoisotopic (exact) mass is 401 g/mol. The molecule has 2 N–H and O–H groups in total. The van der Waals surface area contributed by atoms with Gasteiger partial charge < -0.3 is 10.5 Å². The summed E-state index contributed by atoms with van der Waals surface area (Å²) in [4.78, 5) is 0. The minimum Gasteiger partial charge on any atom is -0.488 e. The first-order valence-corrected chi connectivity index (χ1v) is 7.67. The van der Waals surface area contributed by atoms with Gasteiger partial charge in [0, 0.05) is 26.1 Å². The highest BCUT2D eigenvalue weighted by molar-refractivity contribution is 9.10. The molecule has 106 valence electrons. The average molecular weight is 403 g/mol. The first-order valence-electron chi connectivity index (χ1n) is 6.09. The van der Waals surface area contributed by atoms with Gasteiger partial charge in [0.15, 0.2) is 0 Å². The van der Waals surface area contributed by atoms with Crippen molar-refractivity contribution in [1.29, 1.82) is 0 Å². The van der Waals surface area contributed by atoms with E-state index in [1.165, 1.54) is 6.07 Å². The molecular formula is C15H14Br2FNO. The number of nitrogens with two attached hydrogens (primary N) is 1. The lowest BCUT2D eigenvalue weighted by Gasteiger charge is -2.15. The summed E-state index contributed by atoms with van der Waals surface area (Å²) in [7, 11) is 0. The van der Waals surface area contributed by atoms with Crippen LogP contribution >= 0.6 is 31.9 Å². The minimum atomic E-state index is -0.293. The maximum absolute atomic E-state index is 13.7. The molecule has 0 aromatic heterocycles. The third-order valence-electron chi connectivity index (χ3n) is 2.86. The largest absolute Gasteiger partial charge is 0.488 e. The molecule has 0 amide bonds. The second-order valence-corrected chi connectivity index (χ2v) is 6.33. The van der Waals surface area contributed by atoms with E-state index in [0.717, 1.165) is 10.0 Å². The van der Waals surface area contributed by atoms with E-state index < -0.39 is 0 Å². The molecule has 0 fully saturated rings. The summed E-state index contributed by atoms with van der Waals surface area (Å²) >= 11 is 6.63. The van der Waals surface area contributed by atoms with Gasteiger partial charge in [0.2, 0.25) is 0 Å². The van der Waals surface area contributed by atoms with Crippen LogP contribution in [0.1, 0.15) is 24.1 Å². The Morgan fingerprint density at radius 2 is 1.80 bits per heavy atom. The van der Waals surface area contributed by atoms with Crippen LogP contribution in [-0.2, 0) is 6.61 Å². The van der Waals surface area contributed by atoms with Crippen molar-refractivity contribution >= 4 is 31.9 Å². The highest BCUT2D eigenvalue weighted by Crippen LogP contribution is 2.28. The van der Waals surface area contributed by atoms with Crippen molar-refractivity contribution in [2.75, 3.05) is 0 Å². The van der Waals surface area contributed by atoms with Gasteiger partial charge in [0.25, 0.3) is 0 Å². The summed E-state index contributed by atoms with van der Waals surface area (Å²) in [6.45, 7) is 2.05. The molecule has 20 heavy (non-hydrogen) atoms. The van der Waals surface area contributed by atoms with Gasteiger partial charge in [-0.25, -0.2) is 4.39 Å². The minimum absolute atomic E-state index is 0.155. The number of hydrogen-bond donors (Lipinski definition) is 1.